The second-order valence-corrected chi connectivity index (χ2v) is 5.92. The zero-order chi connectivity index (χ0) is 14.7. The van der Waals surface area contributed by atoms with Gasteiger partial charge in [0.25, 0.3) is 0 Å². The van der Waals surface area contributed by atoms with Crippen LogP contribution in [0.1, 0.15) is 48.9 Å². The van der Waals surface area contributed by atoms with Crippen LogP contribution in [0.4, 0.5) is 0 Å². The average Bonchev–Trinajstić information content (AvgIpc) is 2.75. The molecule has 1 aliphatic carbocycles. The van der Waals surface area contributed by atoms with E-state index in [1.54, 1.807) is 6.07 Å². The number of rotatable bonds is 2. The fourth-order valence-corrected chi connectivity index (χ4v) is 3.09. The lowest BCUT2D eigenvalue weighted by Gasteiger charge is -2.16. The summed E-state index contributed by atoms with van der Waals surface area (Å²) in [5, 5.41) is 1.11. The third kappa shape index (κ3) is 3.35. The molecule has 21 heavy (non-hydrogen) atoms. The van der Waals surface area contributed by atoms with Crippen LogP contribution in [0.2, 0.25) is 5.15 Å². The Kier molecular flexibility index (Phi) is 4.39. The van der Waals surface area contributed by atoms with Crippen LogP contribution in [0.5, 0.6) is 0 Å². The SMILES string of the molecule is O=C(OC1CCCCCC1)c1cc(Cl)nc2ccccc12. The fraction of sp³-hybridized carbons (Fsp3) is 0.412. The lowest BCUT2D eigenvalue weighted by Crippen LogP contribution is -2.18. The molecular weight excluding hydrogens is 286 g/mol. The minimum absolute atomic E-state index is 0.0331. The standard InChI is InChI=1S/C17H18ClNO2/c18-16-11-14(13-9-5-6-10-15(13)19-16)17(20)21-12-7-3-1-2-4-8-12/h5-6,9-12H,1-4,7-8H2. The van der Waals surface area contributed by atoms with Crippen LogP contribution in [-0.2, 0) is 4.74 Å². The van der Waals surface area contributed by atoms with Crippen molar-refractivity contribution in [3.8, 4) is 0 Å². The molecule has 0 amide bonds. The number of benzene rings is 1. The fourth-order valence-electron chi connectivity index (χ4n) is 2.89. The highest BCUT2D eigenvalue weighted by molar-refractivity contribution is 6.30. The van der Waals surface area contributed by atoms with Gasteiger partial charge in [-0.05, 0) is 37.8 Å². The summed E-state index contributed by atoms with van der Waals surface area (Å²) >= 11 is 6.02. The molecule has 1 fully saturated rings. The number of aromatic nitrogens is 1. The summed E-state index contributed by atoms with van der Waals surface area (Å²) in [6.07, 6.45) is 6.69. The molecule has 0 unspecified atom stereocenters. The number of esters is 1. The van der Waals surface area contributed by atoms with Crippen LogP contribution >= 0.6 is 11.6 Å². The van der Waals surface area contributed by atoms with Crippen LogP contribution in [0.25, 0.3) is 10.9 Å². The molecule has 2 aromatic rings. The molecule has 110 valence electrons. The summed E-state index contributed by atoms with van der Waals surface area (Å²) in [6.45, 7) is 0. The average molecular weight is 304 g/mol. The van der Waals surface area contributed by atoms with Crippen molar-refractivity contribution in [2.75, 3.05) is 0 Å². The number of halogens is 1. The topological polar surface area (TPSA) is 39.2 Å². The lowest BCUT2D eigenvalue weighted by molar-refractivity contribution is 0.0269. The molecule has 0 saturated heterocycles. The summed E-state index contributed by atoms with van der Waals surface area (Å²) in [7, 11) is 0. The smallest absolute Gasteiger partial charge is 0.339 e. The summed E-state index contributed by atoms with van der Waals surface area (Å²) in [6, 6.07) is 9.10. The number of hydrogen-bond donors (Lipinski definition) is 0. The van der Waals surface area contributed by atoms with E-state index >= 15 is 0 Å². The van der Waals surface area contributed by atoms with E-state index in [4.69, 9.17) is 16.3 Å². The van der Waals surface area contributed by atoms with Crippen molar-refractivity contribution in [2.24, 2.45) is 0 Å². The molecule has 1 heterocycles. The number of carbonyl (C=O) groups is 1. The molecule has 0 bridgehead atoms. The van der Waals surface area contributed by atoms with Gasteiger partial charge in [0.15, 0.2) is 0 Å². The summed E-state index contributed by atoms with van der Waals surface area (Å²) < 4.78 is 5.70. The van der Waals surface area contributed by atoms with Gasteiger partial charge in [-0.15, -0.1) is 0 Å². The van der Waals surface area contributed by atoms with E-state index in [1.807, 2.05) is 24.3 Å². The van der Waals surface area contributed by atoms with Gasteiger partial charge in [0.2, 0.25) is 0 Å². The van der Waals surface area contributed by atoms with Crippen molar-refractivity contribution in [3.05, 3.63) is 41.0 Å². The summed E-state index contributed by atoms with van der Waals surface area (Å²) in [5.41, 5.74) is 1.23. The van der Waals surface area contributed by atoms with Crippen LogP contribution < -0.4 is 0 Å². The van der Waals surface area contributed by atoms with Gasteiger partial charge in [0.1, 0.15) is 11.3 Å². The zero-order valence-electron chi connectivity index (χ0n) is 11.8. The molecule has 1 aromatic carbocycles. The first kappa shape index (κ1) is 14.3. The van der Waals surface area contributed by atoms with E-state index in [0.717, 1.165) is 36.6 Å². The van der Waals surface area contributed by atoms with Gasteiger partial charge in [-0.3, -0.25) is 0 Å². The molecule has 0 atom stereocenters. The van der Waals surface area contributed by atoms with Gasteiger partial charge in [0.05, 0.1) is 11.1 Å². The first-order valence-electron chi connectivity index (χ1n) is 7.50. The molecule has 0 N–H and O–H groups in total. The number of pyridine rings is 1. The van der Waals surface area contributed by atoms with Crippen LogP contribution in [0.3, 0.4) is 0 Å². The monoisotopic (exact) mass is 303 g/mol. The third-order valence-corrected chi connectivity index (χ3v) is 4.17. The molecule has 1 saturated carbocycles. The van der Waals surface area contributed by atoms with E-state index in [1.165, 1.54) is 12.8 Å². The minimum Gasteiger partial charge on any atom is -0.459 e. The third-order valence-electron chi connectivity index (χ3n) is 3.98. The largest absolute Gasteiger partial charge is 0.459 e. The number of carbonyl (C=O) groups excluding carboxylic acids is 1. The highest BCUT2D eigenvalue weighted by Gasteiger charge is 2.20. The molecule has 1 aromatic heterocycles. The molecule has 4 heteroatoms. The van der Waals surface area contributed by atoms with Crippen molar-refractivity contribution in [1.29, 1.82) is 0 Å². The number of para-hydroxylation sites is 1. The van der Waals surface area contributed by atoms with Crippen molar-refractivity contribution in [3.63, 3.8) is 0 Å². The Morgan fingerprint density at radius 2 is 1.86 bits per heavy atom. The molecule has 0 radical (unpaired) electrons. The Bertz CT molecular complexity index is 648. The van der Waals surface area contributed by atoms with Crippen LogP contribution in [0.15, 0.2) is 30.3 Å². The first-order chi connectivity index (χ1) is 10.2. The van der Waals surface area contributed by atoms with Gasteiger partial charge in [-0.2, -0.15) is 0 Å². The molecule has 0 spiro atoms. The lowest BCUT2D eigenvalue weighted by atomic mass is 10.1. The predicted molar refractivity (Wildman–Crippen MR) is 83.7 cm³/mol. The minimum atomic E-state index is -0.289. The summed E-state index contributed by atoms with van der Waals surface area (Å²) in [5.74, 6) is -0.289. The van der Waals surface area contributed by atoms with Gasteiger partial charge >= 0.3 is 5.97 Å². The molecule has 3 rings (SSSR count). The second-order valence-electron chi connectivity index (χ2n) is 5.53. The Morgan fingerprint density at radius 3 is 2.62 bits per heavy atom. The van der Waals surface area contributed by atoms with Gasteiger partial charge in [-0.25, -0.2) is 9.78 Å². The van der Waals surface area contributed by atoms with E-state index in [2.05, 4.69) is 4.98 Å². The van der Waals surface area contributed by atoms with E-state index in [0.29, 0.717) is 10.7 Å². The summed E-state index contributed by atoms with van der Waals surface area (Å²) in [4.78, 5) is 16.7. The highest BCUT2D eigenvalue weighted by atomic mass is 35.5. The quantitative estimate of drug-likeness (QED) is 0.456. The Balaban J connectivity index is 1.87. The molecule has 3 nitrogen and oxygen atoms in total. The molecule has 0 aliphatic heterocycles. The Labute approximate surface area is 129 Å². The number of ether oxygens (including phenoxy) is 1. The van der Waals surface area contributed by atoms with E-state index in [9.17, 15) is 4.79 Å². The number of fused-ring (bicyclic) bond motifs is 1. The number of hydrogen-bond acceptors (Lipinski definition) is 3. The van der Waals surface area contributed by atoms with Crippen LogP contribution in [0, 0.1) is 0 Å². The maximum Gasteiger partial charge on any atom is 0.339 e. The van der Waals surface area contributed by atoms with Crippen molar-refractivity contribution in [1.82, 2.24) is 4.98 Å². The number of nitrogens with zero attached hydrogens (tertiary/aromatic N) is 1. The predicted octanol–water partition coefficient (Wildman–Crippen LogP) is 4.77. The Hall–Kier alpha value is -1.61. The highest BCUT2D eigenvalue weighted by Crippen LogP contribution is 2.25. The van der Waals surface area contributed by atoms with Gasteiger partial charge in [0, 0.05) is 5.39 Å². The van der Waals surface area contributed by atoms with Gasteiger partial charge < -0.3 is 4.74 Å². The molecule has 1 aliphatic rings. The first-order valence-corrected chi connectivity index (χ1v) is 7.88. The van der Waals surface area contributed by atoms with Gasteiger partial charge in [-0.1, -0.05) is 42.6 Å². The second kappa shape index (κ2) is 6.44. The normalized spacial score (nSPS) is 16.6. The maximum atomic E-state index is 12.5. The van der Waals surface area contributed by atoms with E-state index < -0.39 is 0 Å². The zero-order valence-corrected chi connectivity index (χ0v) is 12.6. The van der Waals surface area contributed by atoms with E-state index in [-0.39, 0.29) is 12.1 Å². The van der Waals surface area contributed by atoms with Crippen LogP contribution in [-0.4, -0.2) is 17.1 Å². The Morgan fingerprint density at radius 1 is 1.14 bits per heavy atom. The van der Waals surface area contributed by atoms with Crippen molar-refractivity contribution >= 4 is 28.5 Å². The van der Waals surface area contributed by atoms with Crippen molar-refractivity contribution in [2.45, 2.75) is 44.6 Å². The molecular formula is C17H18ClNO2. The van der Waals surface area contributed by atoms with Crippen molar-refractivity contribution < 1.29 is 9.53 Å². The maximum absolute atomic E-state index is 12.5.